The molecule has 11 heteroatoms. The van der Waals surface area contributed by atoms with Crippen LogP contribution in [0, 0.1) is 0 Å². The molecule has 3 aromatic rings. The van der Waals surface area contributed by atoms with Gasteiger partial charge < -0.3 is 45.0 Å². The summed E-state index contributed by atoms with van der Waals surface area (Å²) in [4.78, 5) is 0. The molecule has 3 aliphatic heterocycles. The number of nitrogens with zero attached hydrogens (tertiary/aromatic N) is 5. The third-order valence-electron chi connectivity index (χ3n) is 4.80. The SMILES string of the molecule is C1=COc2ccccc2C1.C1=COc2ccccc2C1.C1=COc2ccccc2C1.[N-3].[N-3].[N-3].[N-3].[N-3].[V+5].[V+5].[V+5]. The third-order valence-corrected chi connectivity index (χ3v) is 4.80. The number of hydrogen-bond donors (Lipinski definition) is 0. The van der Waals surface area contributed by atoms with Gasteiger partial charge in [0.05, 0.1) is 18.8 Å². The summed E-state index contributed by atoms with van der Waals surface area (Å²) in [5, 5.41) is 0. The zero-order valence-corrected chi connectivity index (χ0v) is 24.5. The molecule has 6 rings (SSSR count). The second-order valence-electron chi connectivity index (χ2n) is 6.90. The molecule has 190 valence electrons. The van der Waals surface area contributed by atoms with Gasteiger partial charge in [-0.05, 0) is 72.4 Å². The minimum Gasteiger partial charge on any atom is -3.00 e. The Balaban J connectivity index is -0.000000130. The van der Waals surface area contributed by atoms with Crippen LogP contribution in [0.15, 0.2) is 110 Å². The van der Waals surface area contributed by atoms with Gasteiger partial charge in [0.25, 0.3) is 0 Å². The first-order valence-corrected chi connectivity index (χ1v) is 10.1. The summed E-state index contributed by atoms with van der Waals surface area (Å²) in [7, 11) is 0. The number of allylic oxidation sites excluding steroid dienone is 3. The maximum absolute atomic E-state index is 5.24. The summed E-state index contributed by atoms with van der Waals surface area (Å²) in [5.74, 6) is 2.97. The van der Waals surface area contributed by atoms with E-state index in [1.54, 1.807) is 18.8 Å². The van der Waals surface area contributed by atoms with E-state index in [4.69, 9.17) is 14.2 Å². The van der Waals surface area contributed by atoms with Gasteiger partial charge in [-0.1, -0.05) is 54.6 Å². The Hall–Kier alpha value is -2.17. The van der Waals surface area contributed by atoms with Crippen LogP contribution in [-0.2, 0) is 74.9 Å². The molecule has 0 atom stereocenters. The second kappa shape index (κ2) is 25.1. The van der Waals surface area contributed by atoms with Crippen molar-refractivity contribution in [3.05, 3.63) is 157 Å². The van der Waals surface area contributed by atoms with Crippen molar-refractivity contribution in [2.75, 3.05) is 0 Å². The first kappa shape index (κ1) is 45.7. The van der Waals surface area contributed by atoms with E-state index >= 15 is 0 Å². The molecular formula is C27H24N5O3V3. The van der Waals surface area contributed by atoms with Crippen LogP contribution in [0.3, 0.4) is 0 Å². The molecule has 0 aliphatic carbocycles. The number of rotatable bonds is 0. The standard InChI is InChI=1S/3C9H8O.5N.3V/c3*1-2-6-9-8(4-1)5-3-7-10-9;;;;;;;;/h3*1-4,6-7H,5H2;;;;;;;;/q;;;5*-3;3*+5. The van der Waals surface area contributed by atoms with Gasteiger partial charge in [-0.15, -0.1) is 0 Å². The van der Waals surface area contributed by atoms with E-state index in [0.29, 0.717) is 0 Å². The first-order valence-electron chi connectivity index (χ1n) is 10.1. The molecule has 0 aromatic heterocycles. The van der Waals surface area contributed by atoms with Crippen molar-refractivity contribution in [1.82, 2.24) is 0 Å². The number of ether oxygens (including phenoxy) is 3. The van der Waals surface area contributed by atoms with E-state index in [2.05, 4.69) is 18.2 Å². The monoisotopic (exact) mass is 619 g/mol. The average Bonchev–Trinajstić information content (AvgIpc) is 2.85. The van der Waals surface area contributed by atoms with Crippen molar-refractivity contribution in [2.45, 2.75) is 19.3 Å². The average molecular weight is 619 g/mol. The molecule has 0 unspecified atom stereocenters. The predicted octanol–water partition coefficient (Wildman–Crippen LogP) is 7.84. The zero-order valence-electron chi connectivity index (χ0n) is 20.3. The molecule has 0 saturated heterocycles. The van der Waals surface area contributed by atoms with Crippen LogP contribution < -0.4 is 14.2 Å². The molecule has 0 radical (unpaired) electrons. The molecule has 8 nitrogen and oxygen atoms in total. The molecule has 0 bridgehead atoms. The summed E-state index contributed by atoms with van der Waals surface area (Å²) in [6.07, 6.45) is 14.3. The molecular weight excluding hydrogens is 595 g/mol. The Labute approximate surface area is 262 Å². The fraction of sp³-hybridized carbons (Fsp3) is 0.111. The minimum absolute atomic E-state index is 0. The maximum Gasteiger partial charge on any atom is 5.00 e. The van der Waals surface area contributed by atoms with Crippen LogP contribution >= 0.6 is 0 Å². The quantitative estimate of drug-likeness (QED) is 0.249. The zero-order chi connectivity index (χ0) is 20.4. The van der Waals surface area contributed by atoms with Gasteiger partial charge in [0.2, 0.25) is 0 Å². The van der Waals surface area contributed by atoms with Crippen LogP contribution in [-0.4, -0.2) is 0 Å². The van der Waals surface area contributed by atoms with Gasteiger partial charge in [-0.3, -0.25) is 0 Å². The molecule has 0 amide bonds. The van der Waals surface area contributed by atoms with E-state index in [-0.39, 0.29) is 86.4 Å². The summed E-state index contributed by atoms with van der Waals surface area (Å²) in [6, 6.07) is 24.2. The van der Waals surface area contributed by atoms with E-state index < -0.39 is 0 Å². The number of fused-ring (bicyclic) bond motifs is 3. The van der Waals surface area contributed by atoms with Crippen molar-refractivity contribution < 1.29 is 69.9 Å². The molecule has 0 N–H and O–H groups in total. The summed E-state index contributed by atoms with van der Waals surface area (Å²) in [6.45, 7) is 0. The molecule has 0 fully saturated rings. The predicted molar refractivity (Wildman–Crippen MR) is 137 cm³/mol. The van der Waals surface area contributed by atoms with Gasteiger partial charge in [-0.25, -0.2) is 0 Å². The van der Waals surface area contributed by atoms with E-state index in [1.807, 2.05) is 72.8 Å². The Morgan fingerprint density at radius 1 is 0.368 bits per heavy atom. The van der Waals surface area contributed by atoms with Gasteiger partial charge in [0.15, 0.2) is 0 Å². The molecule has 0 spiro atoms. The van der Waals surface area contributed by atoms with Crippen LogP contribution in [0.1, 0.15) is 16.7 Å². The van der Waals surface area contributed by atoms with E-state index in [9.17, 15) is 0 Å². The first-order chi connectivity index (χ1) is 14.9. The van der Waals surface area contributed by atoms with Gasteiger partial charge in [0.1, 0.15) is 17.2 Å². The van der Waals surface area contributed by atoms with Gasteiger partial charge in [-0.2, -0.15) is 0 Å². The number of benzene rings is 3. The second-order valence-corrected chi connectivity index (χ2v) is 6.90. The van der Waals surface area contributed by atoms with Crippen molar-refractivity contribution in [3.63, 3.8) is 0 Å². The smallest absolute Gasteiger partial charge is 3.00 e. The summed E-state index contributed by atoms with van der Waals surface area (Å²) < 4.78 is 15.7. The Morgan fingerprint density at radius 2 is 0.605 bits per heavy atom. The van der Waals surface area contributed by atoms with E-state index in [0.717, 1.165) is 36.5 Å². The Morgan fingerprint density at radius 3 is 0.842 bits per heavy atom. The molecule has 3 aliphatic rings. The minimum atomic E-state index is 0. The maximum atomic E-state index is 5.24. The number of para-hydroxylation sites is 3. The number of hydrogen-bond acceptors (Lipinski definition) is 3. The topological polar surface area (TPSA) is 180 Å². The van der Waals surface area contributed by atoms with Crippen LogP contribution in [0.5, 0.6) is 17.2 Å². The van der Waals surface area contributed by atoms with Crippen molar-refractivity contribution >= 4 is 0 Å². The fourth-order valence-electron chi connectivity index (χ4n) is 3.25. The molecule has 38 heavy (non-hydrogen) atoms. The van der Waals surface area contributed by atoms with Gasteiger partial charge in [0, 0.05) is 0 Å². The fourth-order valence-corrected chi connectivity index (χ4v) is 3.25. The van der Waals surface area contributed by atoms with Crippen molar-refractivity contribution in [3.8, 4) is 17.2 Å². The van der Waals surface area contributed by atoms with Crippen molar-refractivity contribution in [2.24, 2.45) is 0 Å². The van der Waals surface area contributed by atoms with Crippen LogP contribution in [0.4, 0.5) is 0 Å². The Bertz CT molecular complexity index is 881. The largest absolute Gasteiger partial charge is 5.00 e. The normalized spacial score (nSPS) is 11.1. The molecule has 0 saturated carbocycles. The Kier molecular flexibility index (Phi) is 30.2. The van der Waals surface area contributed by atoms with Crippen molar-refractivity contribution in [1.29, 1.82) is 0 Å². The summed E-state index contributed by atoms with van der Waals surface area (Å²) >= 11 is 0. The molecule has 3 aromatic carbocycles. The third kappa shape index (κ3) is 13.6. The van der Waals surface area contributed by atoms with E-state index in [1.165, 1.54) is 16.7 Å². The van der Waals surface area contributed by atoms with Gasteiger partial charge >= 0.3 is 55.7 Å². The molecule has 3 heterocycles. The van der Waals surface area contributed by atoms with Crippen LogP contribution in [0.2, 0.25) is 0 Å². The summed E-state index contributed by atoms with van der Waals surface area (Å²) in [5.41, 5.74) is 3.81. The van der Waals surface area contributed by atoms with Crippen LogP contribution in [0.25, 0.3) is 30.8 Å².